The summed E-state index contributed by atoms with van der Waals surface area (Å²) < 4.78 is 5.15. The molecule has 2 rings (SSSR count). The molecular formula is C22H31N5O2. The Hall–Kier alpha value is -2.69. The number of methoxy groups -OCH3 is 1. The Morgan fingerprint density at radius 2 is 1.93 bits per heavy atom. The molecule has 29 heavy (non-hydrogen) atoms. The standard InChI is InChI=1S/C22H31N5O2/c1-5-11-27(6-2)21-19(15-23)22(28)25-20(24-21)14-17-9-7-8-10-18(17)16-26(3)12-13-29-4/h7-10H,5-6,11-14,16H2,1-4H3,(H,24,25,28). The Bertz CT molecular complexity index is 888. The van der Waals surface area contributed by atoms with Gasteiger partial charge in [-0.2, -0.15) is 5.26 Å². The van der Waals surface area contributed by atoms with Gasteiger partial charge in [-0.25, -0.2) is 4.98 Å². The van der Waals surface area contributed by atoms with E-state index in [0.29, 0.717) is 31.2 Å². The fourth-order valence-electron chi connectivity index (χ4n) is 3.29. The highest BCUT2D eigenvalue weighted by molar-refractivity contribution is 5.53. The number of nitrogens with zero attached hydrogens (tertiary/aromatic N) is 4. The first-order chi connectivity index (χ1) is 14.0. The lowest BCUT2D eigenvalue weighted by Gasteiger charge is -2.22. The maximum atomic E-state index is 12.5. The molecule has 7 heteroatoms. The van der Waals surface area contributed by atoms with E-state index in [-0.39, 0.29) is 11.1 Å². The molecule has 0 spiro atoms. The van der Waals surface area contributed by atoms with Crippen LogP contribution in [0.5, 0.6) is 0 Å². The number of H-pyrrole nitrogens is 1. The number of aromatic amines is 1. The Morgan fingerprint density at radius 1 is 1.21 bits per heavy atom. The van der Waals surface area contributed by atoms with E-state index in [9.17, 15) is 10.1 Å². The van der Waals surface area contributed by atoms with Crippen LogP contribution in [0.1, 0.15) is 42.8 Å². The first-order valence-electron chi connectivity index (χ1n) is 10.1. The van der Waals surface area contributed by atoms with Gasteiger partial charge in [-0.15, -0.1) is 0 Å². The van der Waals surface area contributed by atoms with Crippen molar-refractivity contribution in [2.75, 3.05) is 45.3 Å². The number of nitriles is 1. The van der Waals surface area contributed by atoms with E-state index in [1.54, 1.807) is 7.11 Å². The summed E-state index contributed by atoms with van der Waals surface area (Å²) in [5.41, 5.74) is 1.99. The Labute approximate surface area is 172 Å². The first kappa shape index (κ1) is 22.6. The van der Waals surface area contributed by atoms with E-state index in [2.05, 4.69) is 41.0 Å². The predicted molar refractivity (Wildman–Crippen MR) is 115 cm³/mol. The van der Waals surface area contributed by atoms with Crippen molar-refractivity contribution >= 4 is 5.82 Å². The second kappa shape index (κ2) is 11.3. The molecule has 0 aliphatic rings. The van der Waals surface area contributed by atoms with Gasteiger partial charge in [0.15, 0.2) is 11.4 Å². The lowest BCUT2D eigenvalue weighted by atomic mass is 10.0. The van der Waals surface area contributed by atoms with Crippen molar-refractivity contribution in [3.05, 3.63) is 57.1 Å². The quantitative estimate of drug-likeness (QED) is 0.627. The van der Waals surface area contributed by atoms with Gasteiger partial charge in [0.05, 0.1) is 6.61 Å². The zero-order chi connectivity index (χ0) is 21.2. The van der Waals surface area contributed by atoms with Crippen molar-refractivity contribution in [1.29, 1.82) is 5.26 Å². The van der Waals surface area contributed by atoms with Crippen LogP contribution in [0.4, 0.5) is 5.82 Å². The van der Waals surface area contributed by atoms with Crippen molar-refractivity contribution < 1.29 is 4.74 Å². The predicted octanol–water partition coefficient (Wildman–Crippen LogP) is 2.55. The summed E-state index contributed by atoms with van der Waals surface area (Å²) in [4.78, 5) is 24.2. The van der Waals surface area contributed by atoms with Crippen LogP contribution in [0.2, 0.25) is 0 Å². The normalized spacial score (nSPS) is 10.9. The van der Waals surface area contributed by atoms with Crippen molar-refractivity contribution in [2.24, 2.45) is 0 Å². The van der Waals surface area contributed by atoms with Gasteiger partial charge in [0.2, 0.25) is 0 Å². The minimum atomic E-state index is -0.378. The van der Waals surface area contributed by atoms with Gasteiger partial charge in [0.1, 0.15) is 11.9 Å². The van der Waals surface area contributed by atoms with Gasteiger partial charge in [-0.1, -0.05) is 31.2 Å². The van der Waals surface area contributed by atoms with E-state index < -0.39 is 0 Å². The van der Waals surface area contributed by atoms with Crippen LogP contribution in [-0.2, 0) is 17.7 Å². The van der Waals surface area contributed by atoms with Crippen LogP contribution in [0.15, 0.2) is 29.1 Å². The van der Waals surface area contributed by atoms with Crippen molar-refractivity contribution in [2.45, 2.75) is 33.2 Å². The number of aromatic nitrogens is 2. The molecule has 0 saturated heterocycles. The summed E-state index contributed by atoms with van der Waals surface area (Å²) in [6.45, 7) is 7.81. The van der Waals surface area contributed by atoms with Gasteiger partial charge in [-0.05, 0) is 31.5 Å². The Morgan fingerprint density at radius 3 is 2.55 bits per heavy atom. The highest BCUT2D eigenvalue weighted by Gasteiger charge is 2.17. The van der Waals surface area contributed by atoms with Crippen molar-refractivity contribution in [1.82, 2.24) is 14.9 Å². The monoisotopic (exact) mass is 397 g/mol. The summed E-state index contributed by atoms with van der Waals surface area (Å²) in [6, 6.07) is 10.2. The maximum Gasteiger partial charge on any atom is 0.271 e. The fourth-order valence-corrected chi connectivity index (χ4v) is 3.29. The maximum absolute atomic E-state index is 12.5. The molecule has 1 aromatic heterocycles. The van der Waals surface area contributed by atoms with Crippen molar-refractivity contribution in [3.8, 4) is 6.07 Å². The molecule has 0 fully saturated rings. The molecule has 156 valence electrons. The second-order valence-electron chi connectivity index (χ2n) is 7.08. The summed E-state index contributed by atoms with van der Waals surface area (Å²) >= 11 is 0. The van der Waals surface area contributed by atoms with Gasteiger partial charge in [0.25, 0.3) is 5.56 Å². The molecule has 0 atom stereocenters. The highest BCUT2D eigenvalue weighted by atomic mass is 16.5. The number of hydrogen-bond donors (Lipinski definition) is 1. The summed E-state index contributed by atoms with van der Waals surface area (Å²) in [7, 11) is 3.75. The lowest BCUT2D eigenvalue weighted by molar-refractivity contribution is 0.158. The third-order valence-electron chi connectivity index (χ3n) is 4.83. The number of rotatable bonds is 11. The molecule has 0 saturated carbocycles. The van der Waals surface area contributed by atoms with E-state index >= 15 is 0 Å². The second-order valence-corrected chi connectivity index (χ2v) is 7.08. The molecule has 0 radical (unpaired) electrons. The van der Waals surface area contributed by atoms with Gasteiger partial charge < -0.3 is 14.6 Å². The zero-order valence-electron chi connectivity index (χ0n) is 17.9. The molecule has 0 bridgehead atoms. The number of benzene rings is 1. The molecule has 0 aliphatic carbocycles. The van der Waals surface area contributed by atoms with E-state index in [1.807, 2.05) is 30.0 Å². The molecule has 2 aromatic rings. The SMILES string of the molecule is CCCN(CC)c1nc(Cc2ccccc2CN(C)CCOC)[nH]c(=O)c1C#N. The summed E-state index contributed by atoms with van der Waals surface area (Å²) in [6.07, 6.45) is 1.42. The Kier molecular flexibility index (Phi) is 8.84. The molecule has 7 nitrogen and oxygen atoms in total. The summed E-state index contributed by atoms with van der Waals surface area (Å²) in [5, 5.41) is 9.45. The minimum Gasteiger partial charge on any atom is -0.383 e. The van der Waals surface area contributed by atoms with Gasteiger partial charge in [-0.3, -0.25) is 9.69 Å². The van der Waals surface area contributed by atoms with E-state index in [1.165, 1.54) is 5.56 Å². The fraction of sp³-hybridized carbons (Fsp3) is 0.500. The average molecular weight is 398 g/mol. The van der Waals surface area contributed by atoms with Crippen LogP contribution in [0.25, 0.3) is 0 Å². The van der Waals surface area contributed by atoms with Crippen LogP contribution >= 0.6 is 0 Å². The molecular weight excluding hydrogens is 366 g/mol. The van der Waals surface area contributed by atoms with E-state index in [0.717, 1.165) is 31.6 Å². The molecule has 0 amide bonds. The number of anilines is 1. The number of likely N-dealkylation sites (N-methyl/N-ethyl adjacent to an activating group) is 1. The van der Waals surface area contributed by atoms with Crippen LogP contribution in [0, 0.1) is 11.3 Å². The largest absolute Gasteiger partial charge is 0.383 e. The van der Waals surface area contributed by atoms with Crippen LogP contribution in [0.3, 0.4) is 0 Å². The van der Waals surface area contributed by atoms with Gasteiger partial charge >= 0.3 is 0 Å². The highest BCUT2D eigenvalue weighted by Crippen LogP contribution is 2.18. The number of ether oxygens (including phenoxy) is 1. The molecule has 1 N–H and O–H groups in total. The van der Waals surface area contributed by atoms with E-state index in [4.69, 9.17) is 4.74 Å². The molecule has 1 heterocycles. The van der Waals surface area contributed by atoms with Gasteiger partial charge in [0, 0.05) is 39.7 Å². The topological polar surface area (TPSA) is 85.2 Å². The third kappa shape index (κ3) is 6.14. The van der Waals surface area contributed by atoms with Crippen LogP contribution < -0.4 is 10.5 Å². The Balaban J connectivity index is 2.34. The minimum absolute atomic E-state index is 0.0802. The third-order valence-corrected chi connectivity index (χ3v) is 4.83. The number of hydrogen-bond acceptors (Lipinski definition) is 6. The molecule has 0 aliphatic heterocycles. The lowest BCUT2D eigenvalue weighted by Crippen LogP contribution is -2.29. The molecule has 0 unspecified atom stereocenters. The average Bonchev–Trinajstić information content (AvgIpc) is 2.71. The number of nitrogens with one attached hydrogen (secondary N) is 1. The first-order valence-corrected chi connectivity index (χ1v) is 10.1. The van der Waals surface area contributed by atoms with Crippen molar-refractivity contribution in [3.63, 3.8) is 0 Å². The zero-order valence-corrected chi connectivity index (χ0v) is 17.9. The summed E-state index contributed by atoms with van der Waals surface area (Å²) in [5.74, 6) is 1.05. The molecule has 1 aromatic carbocycles. The smallest absolute Gasteiger partial charge is 0.271 e. The van der Waals surface area contributed by atoms with Crippen LogP contribution in [-0.4, -0.2) is 55.3 Å².